The maximum absolute atomic E-state index is 14.6. The molecule has 0 radical (unpaired) electrons. The van der Waals surface area contributed by atoms with E-state index >= 15 is 0 Å². The molecule has 4 rings (SSSR count). The number of hydrogen-bond donors (Lipinski definition) is 2. The summed E-state index contributed by atoms with van der Waals surface area (Å²) in [7, 11) is 0. The molecule has 0 aliphatic heterocycles. The largest absolute Gasteiger partial charge is 0.323 e. The predicted molar refractivity (Wildman–Crippen MR) is 141 cm³/mol. The first-order valence-electron chi connectivity index (χ1n) is 11.4. The molecule has 0 unspecified atom stereocenters. The molecule has 9 nitrogen and oxygen atoms in total. The van der Waals surface area contributed by atoms with Gasteiger partial charge >= 0.3 is 6.03 Å². The van der Waals surface area contributed by atoms with E-state index < -0.39 is 11.8 Å². The minimum Gasteiger partial charge on any atom is -0.305 e. The molecule has 0 atom stereocenters. The maximum Gasteiger partial charge on any atom is 0.323 e. The summed E-state index contributed by atoms with van der Waals surface area (Å²) in [6.45, 7) is 9.75. The number of carbonyl (C=O) groups is 1. The van der Waals surface area contributed by atoms with Crippen LogP contribution in [0.1, 0.15) is 40.7 Å². The second-order valence-corrected chi connectivity index (χ2v) is 10.4. The summed E-state index contributed by atoms with van der Waals surface area (Å²) in [6, 6.07) is 5.07. The number of hydrogen-bond acceptors (Lipinski definition) is 6. The topological polar surface area (TPSA) is 107 Å². The van der Waals surface area contributed by atoms with Gasteiger partial charge in [0.1, 0.15) is 11.5 Å². The molecular formula is C25H28FN7O2S. The Morgan fingerprint density at radius 3 is 2.53 bits per heavy atom. The Morgan fingerprint density at radius 2 is 1.89 bits per heavy atom. The van der Waals surface area contributed by atoms with Gasteiger partial charge in [-0.05, 0) is 64.6 Å². The molecule has 11 heteroatoms. The van der Waals surface area contributed by atoms with Crippen molar-refractivity contribution in [3.8, 4) is 11.1 Å². The van der Waals surface area contributed by atoms with Crippen LogP contribution in [0.15, 0.2) is 52.8 Å². The van der Waals surface area contributed by atoms with Crippen molar-refractivity contribution in [1.29, 1.82) is 0 Å². The molecule has 36 heavy (non-hydrogen) atoms. The Bertz CT molecular complexity index is 1500. The van der Waals surface area contributed by atoms with Crippen LogP contribution in [0.25, 0.3) is 22.2 Å². The number of rotatable bonds is 5. The van der Waals surface area contributed by atoms with Crippen molar-refractivity contribution in [2.75, 3.05) is 16.9 Å². The van der Waals surface area contributed by atoms with Gasteiger partial charge in [0, 0.05) is 29.4 Å². The molecule has 3 aromatic heterocycles. The van der Waals surface area contributed by atoms with Crippen LogP contribution in [-0.4, -0.2) is 36.6 Å². The summed E-state index contributed by atoms with van der Waals surface area (Å²) in [6.07, 6.45) is 6.75. The highest BCUT2D eigenvalue weighted by molar-refractivity contribution is 7.98. The van der Waals surface area contributed by atoms with E-state index in [9.17, 15) is 14.0 Å². The third-order valence-electron chi connectivity index (χ3n) is 5.50. The molecule has 3 heterocycles. The quantitative estimate of drug-likeness (QED) is 0.272. The van der Waals surface area contributed by atoms with E-state index in [4.69, 9.17) is 0 Å². The van der Waals surface area contributed by atoms with Crippen LogP contribution >= 0.6 is 11.8 Å². The van der Waals surface area contributed by atoms with Crippen molar-refractivity contribution in [3.63, 3.8) is 0 Å². The number of carbonyl (C=O) groups excluding carboxylic acids is 1. The van der Waals surface area contributed by atoms with Gasteiger partial charge in [0.2, 0.25) is 0 Å². The summed E-state index contributed by atoms with van der Waals surface area (Å²) in [4.78, 5) is 34.9. The number of amides is 2. The van der Waals surface area contributed by atoms with Crippen molar-refractivity contribution < 1.29 is 9.18 Å². The summed E-state index contributed by atoms with van der Waals surface area (Å²) in [5, 5.41) is 10.7. The fraction of sp³-hybridized carbons (Fsp3) is 0.320. The van der Waals surface area contributed by atoms with Gasteiger partial charge in [-0.1, -0.05) is 17.8 Å². The van der Waals surface area contributed by atoms with Crippen LogP contribution in [-0.2, 0) is 5.54 Å². The van der Waals surface area contributed by atoms with Crippen molar-refractivity contribution in [2.45, 2.75) is 51.4 Å². The zero-order chi connectivity index (χ0) is 26.2. The maximum atomic E-state index is 14.6. The van der Waals surface area contributed by atoms with E-state index in [0.717, 1.165) is 0 Å². The van der Waals surface area contributed by atoms with Crippen molar-refractivity contribution in [1.82, 2.24) is 24.3 Å². The van der Waals surface area contributed by atoms with E-state index in [-0.39, 0.29) is 22.8 Å². The van der Waals surface area contributed by atoms with Crippen LogP contribution < -0.4 is 16.2 Å². The van der Waals surface area contributed by atoms with Crippen LogP contribution in [0, 0.1) is 5.82 Å². The van der Waals surface area contributed by atoms with Crippen molar-refractivity contribution in [3.05, 3.63) is 59.0 Å². The molecule has 4 aromatic rings. The Labute approximate surface area is 212 Å². The number of pyridine rings is 1. The number of fused-ring (bicyclic) bond motifs is 1. The normalized spacial score (nSPS) is 11.8. The third kappa shape index (κ3) is 5.11. The molecule has 0 aliphatic carbocycles. The minimum absolute atomic E-state index is 0.0576. The number of aromatic nitrogens is 5. The Morgan fingerprint density at radius 1 is 1.14 bits per heavy atom. The standard InChI is InChI=1S/C25H28FN7O2S/c1-14(2)33-21-16(11-27-24(31-21)36-6)9-18(22(33)34)15-7-8-19(26)20(10-15)30-23(35)29-17-12-28-32(13-17)25(3,4)5/h7-14H,1-6H3,(H2,29,30,35). The van der Waals surface area contributed by atoms with Gasteiger partial charge in [-0.25, -0.2) is 19.2 Å². The number of nitrogens with zero attached hydrogens (tertiary/aromatic N) is 5. The highest BCUT2D eigenvalue weighted by Crippen LogP contribution is 2.27. The van der Waals surface area contributed by atoms with Crippen LogP contribution in [0.4, 0.5) is 20.6 Å². The number of thioether (sulfide) groups is 1. The number of urea groups is 1. The van der Waals surface area contributed by atoms with Gasteiger partial charge in [0.15, 0.2) is 5.16 Å². The molecule has 2 N–H and O–H groups in total. The molecule has 188 valence electrons. The number of nitrogens with one attached hydrogen (secondary N) is 2. The van der Waals surface area contributed by atoms with Crippen molar-refractivity contribution >= 4 is 40.2 Å². The Kier molecular flexibility index (Phi) is 6.85. The average Bonchev–Trinajstić information content (AvgIpc) is 3.28. The zero-order valence-electron chi connectivity index (χ0n) is 21.0. The van der Waals surface area contributed by atoms with E-state index in [1.54, 1.807) is 27.7 Å². The molecule has 1 aromatic carbocycles. The first kappa shape index (κ1) is 25.4. The third-order valence-corrected chi connectivity index (χ3v) is 6.07. The van der Waals surface area contributed by atoms with Crippen LogP contribution in [0.2, 0.25) is 0 Å². The van der Waals surface area contributed by atoms with Crippen LogP contribution in [0.3, 0.4) is 0 Å². The van der Waals surface area contributed by atoms with Gasteiger partial charge in [0.05, 0.1) is 23.1 Å². The number of anilines is 2. The molecule has 0 fully saturated rings. The number of benzene rings is 1. The molecule has 0 saturated carbocycles. The predicted octanol–water partition coefficient (Wildman–Crippen LogP) is 5.50. The minimum atomic E-state index is -0.629. The molecule has 2 amide bonds. The fourth-order valence-electron chi connectivity index (χ4n) is 3.72. The SMILES string of the molecule is CSc1ncc2cc(-c3ccc(F)c(NC(=O)Nc4cnn(C(C)(C)C)c4)c3)c(=O)n(C(C)C)c2n1. The fourth-order valence-corrected chi connectivity index (χ4v) is 4.05. The summed E-state index contributed by atoms with van der Waals surface area (Å²) in [5.41, 5.74) is 1.25. The monoisotopic (exact) mass is 509 g/mol. The highest BCUT2D eigenvalue weighted by atomic mass is 32.2. The van der Waals surface area contributed by atoms with E-state index in [0.29, 0.717) is 33.0 Å². The molecule has 0 saturated heterocycles. The van der Waals surface area contributed by atoms with E-state index in [2.05, 4.69) is 25.7 Å². The lowest BCUT2D eigenvalue weighted by Crippen LogP contribution is -2.25. The van der Waals surface area contributed by atoms with Gasteiger partial charge < -0.3 is 10.6 Å². The molecule has 0 bridgehead atoms. The average molecular weight is 510 g/mol. The number of halogens is 1. The van der Waals surface area contributed by atoms with E-state index in [1.807, 2.05) is 40.9 Å². The molecule has 0 aliphatic rings. The van der Waals surface area contributed by atoms with Gasteiger partial charge in [-0.15, -0.1) is 0 Å². The van der Waals surface area contributed by atoms with Crippen LogP contribution in [0.5, 0.6) is 0 Å². The second-order valence-electron chi connectivity index (χ2n) is 9.58. The Hall–Kier alpha value is -3.73. The smallest absolute Gasteiger partial charge is 0.305 e. The summed E-state index contributed by atoms with van der Waals surface area (Å²) < 4.78 is 17.9. The lowest BCUT2D eigenvalue weighted by Gasteiger charge is -2.18. The summed E-state index contributed by atoms with van der Waals surface area (Å²) >= 11 is 1.39. The van der Waals surface area contributed by atoms with Crippen molar-refractivity contribution in [2.24, 2.45) is 0 Å². The summed E-state index contributed by atoms with van der Waals surface area (Å²) in [5.74, 6) is -0.628. The van der Waals surface area contributed by atoms with Gasteiger partial charge in [-0.2, -0.15) is 5.10 Å². The zero-order valence-corrected chi connectivity index (χ0v) is 21.8. The first-order chi connectivity index (χ1) is 17.0. The molecular weight excluding hydrogens is 481 g/mol. The Balaban J connectivity index is 1.68. The van der Waals surface area contributed by atoms with Gasteiger partial charge in [-0.3, -0.25) is 14.0 Å². The highest BCUT2D eigenvalue weighted by Gasteiger charge is 2.18. The van der Waals surface area contributed by atoms with Gasteiger partial charge in [0.25, 0.3) is 5.56 Å². The lowest BCUT2D eigenvalue weighted by molar-refractivity contribution is 0.262. The molecule has 0 spiro atoms. The second kappa shape index (κ2) is 9.73. The first-order valence-corrected chi connectivity index (χ1v) is 12.6. The lowest BCUT2D eigenvalue weighted by atomic mass is 10.0. The van der Waals surface area contributed by atoms with E-state index in [1.165, 1.54) is 36.2 Å².